The first kappa shape index (κ1) is 26.0. The lowest BCUT2D eigenvalue weighted by Crippen LogP contribution is -2.59. The van der Waals surface area contributed by atoms with E-state index in [1.54, 1.807) is 7.11 Å². The number of rotatable bonds is 7. The molecule has 0 radical (unpaired) electrons. The van der Waals surface area contributed by atoms with Gasteiger partial charge in [-0.25, -0.2) is 0 Å². The molecule has 2 aromatic rings. The number of unbranched alkanes of at least 4 members (excludes halogenated alkanes) is 1. The van der Waals surface area contributed by atoms with Crippen LogP contribution in [0, 0.1) is 30.1 Å². The highest BCUT2D eigenvalue weighted by molar-refractivity contribution is 5.95. The fourth-order valence-electron chi connectivity index (χ4n) is 8.64. The number of amides is 2. The standard InChI is InChI=1S/C34H40N2O3/c1-4-6-7-28-17-27-18-29(39-3)12-13-30(27)32(36(28)31(37)5-2)25-8-10-26(11-9-25)33(38)35-34-19-22-14-23(20-34)16-24(15-22)21-34/h2,8-13,18,22-24,28,32H,4,6-7,14-17,19-21H2,1,3H3,(H,35,38)/t22?,23?,24?,28-,32-,34?/m0/s1. The number of methoxy groups -OCH3 is 1. The summed E-state index contributed by atoms with van der Waals surface area (Å²) in [6, 6.07) is 13.7. The largest absolute Gasteiger partial charge is 0.497 e. The van der Waals surface area contributed by atoms with Gasteiger partial charge in [0.15, 0.2) is 0 Å². The Hall–Kier alpha value is -3.26. The molecule has 5 aliphatic rings. The Balaban J connectivity index is 1.29. The Morgan fingerprint density at radius 3 is 2.31 bits per heavy atom. The number of ether oxygens (including phenoxy) is 1. The predicted molar refractivity (Wildman–Crippen MR) is 152 cm³/mol. The van der Waals surface area contributed by atoms with Crippen LogP contribution in [0.15, 0.2) is 42.5 Å². The van der Waals surface area contributed by atoms with Gasteiger partial charge in [0.1, 0.15) is 5.75 Å². The van der Waals surface area contributed by atoms with Gasteiger partial charge < -0.3 is 15.0 Å². The van der Waals surface area contributed by atoms with E-state index in [0.717, 1.165) is 79.6 Å². The van der Waals surface area contributed by atoms with E-state index in [2.05, 4.69) is 30.3 Å². The van der Waals surface area contributed by atoms with Crippen molar-refractivity contribution in [2.45, 2.75) is 88.8 Å². The zero-order chi connectivity index (χ0) is 27.1. The van der Waals surface area contributed by atoms with Crippen LogP contribution in [0.25, 0.3) is 0 Å². The molecule has 5 heteroatoms. The van der Waals surface area contributed by atoms with E-state index >= 15 is 0 Å². The van der Waals surface area contributed by atoms with E-state index in [1.807, 2.05) is 35.2 Å². The molecule has 0 spiro atoms. The molecule has 0 aromatic heterocycles. The number of hydrogen-bond donors (Lipinski definition) is 1. The van der Waals surface area contributed by atoms with Gasteiger partial charge >= 0.3 is 0 Å². The number of carbonyl (C=O) groups is 2. The van der Waals surface area contributed by atoms with Crippen LogP contribution in [0.5, 0.6) is 5.75 Å². The van der Waals surface area contributed by atoms with Crippen LogP contribution in [-0.4, -0.2) is 35.4 Å². The predicted octanol–water partition coefficient (Wildman–Crippen LogP) is 6.06. The molecule has 204 valence electrons. The molecular formula is C34H40N2O3. The number of nitrogens with one attached hydrogen (secondary N) is 1. The van der Waals surface area contributed by atoms with E-state index in [1.165, 1.54) is 24.8 Å². The van der Waals surface area contributed by atoms with Gasteiger partial charge in [0.2, 0.25) is 0 Å². The number of terminal acetylenes is 1. The SMILES string of the molecule is C#CC(=O)N1[C@@H](CCCC)Cc2cc(OC)ccc2[C@@H]1c1ccc(C(=O)NC23CC4CC(CC(C4)C2)C3)cc1. The van der Waals surface area contributed by atoms with Gasteiger partial charge in [-0.3, -0.25) is 9.59 Å². The molecule has 2 amide bonds. The van der Waals surface area contributed by atoms with E-state index in [9.17, 15) is 9.59 Å². The second kappa shape index (κ2) is 10.4. The third kappa shape index (κ3) is 4.84. The minimum atomic E-state index is -0.301. The fraction of sp³-hybridized carbons (Fsp3) is 0.529. The van der Waals surface area contributed by atoms with Gasteiger partial charge in [0, 0.05) is 17.1 Å². The molecule has 2 aromatic carbocycles. The monoisotopic (exact) mass is 524 g/mol. The smallest absolute Gasteiger partial charge is 0.299 e. The van der Waals surface area contributed by atoms with Crippen molar-refractivity contribution in [3.63, 3.8) is 0 Å². The number of benzene rings is 2. The molecule has 4 saturated carbocycles. The Labute approximate surface area is 232 Å². The summed E-state index contributed by atoms with van der Waals surface area (Å²) in [5.41, 5.74) is 3.88. The summed E-state index contributed by atoms with van der Waals surface area (Å²) in [6.45, 7) is 2.16. The van der Waals surface area contributed by atoms with Crippen LogP contribution >= 0.6 is 0 Å². The molecule has 0 unspecified atom stereocenters. The topological polar surface area (TPSA) is 58.6 Å². The van der Waals surface area contributed by atoms with Gasteiger partial charge in [0.05, 0.1) is 13.2 Å². The summed E-state index contributed by atoms with van der Waals surface area (Å²) in [5.74, 6) is 5.29. The van der Waals surface area contributed by atoms with Crippen molar-refractivity contribution in [3.05, 3.63) is 64.7 Å². The molecular weight excluding hydrogens is 484 g/mol. The van der Waals surface area contributed by atoms with E-state index in [0.29, 0.717) is 5.56 Å². The molecule has 4 bridgehead atoms. The molecule has 4 aliphatic carbocycles. The summed E-state index contributed by atoms with van der Waals surface area (Å²) in [4.78, 5) is 28.5. The minimum absolute atomic E-state index is 0.0113. The maximum atomic E-state index is 13.5. The van der Waals surface area contributed by atoms with Crippen molar-refractivity contribution in [1.29, 1.82) is 0 Å². The van der Waals surface area contributed by atoms with Gasteiger partial charge in [-0.1, -0.05) is 38.0 Å². The Bertz CT molecular complexity index is 1260. The van der Waals surface area contributed by atoms with E-state index in [-0.39, 0.29) is 29.4 Å². The van der Waals surface area contributed by atoms with Crippen LogP contribution in [0.1, 0.15) is 97.8 Å². The second-order valence-corrected chi connectivity index (χ2v) is 12.6. The third-order valence-electron chi connectivity index (χ3n) is 9.93. The molecule has 1 aliphatic heterocycles. The lowest BCUT2D eigenvalue weighted by Gasteiger charge is -2.56. The maximum absolute atomic E-state index is 13.5. The number of carbonyl (C=O) groups excluding carboxylic acids is 2. The van der Waals surface area contributed by atoms with Crippen molar-refractivity contribution in [2.24, 2.45) is 17.8 Å². The van der Waals surface area contributed by atoms with Gasteiger partial charge in [0.25, 0.3) is 11.8 Å². The number of fused-ring (bicyclic) bond motifs is 1. The van der Waals surface area contributed by atoms with Gasteiger partial charge in [-0.05, 0) is 116 Å². The third-order valence-corrected chi connectivity index (χ3v) is 9.93. The molecule has 7 rings (SSSR count). The molecule has 0 saturated heterocycles. The quantitative estimate of drug-likeness (QED) is 0.448. The molecule has 1 N–H and O–H groups in total. The molecule has 39 heavy (non-hydrogen) atoms. The summed E-state index contributed by atoms with van der Waals surface area (Å²) >= 11 is 0. The summed E-state index contributed by atoms with van der Waals surface area (Å²) in [7, 11) is 1.68. The average molecular weight is 525 g/mol. The van der Waals surface area contributed by atoms with Crippen LogP contribution in [0.4, 0.5) is 0 Å². The van der Waals surface area contributed by atoms with Crippen molar-refractivity contribution < 1.29 is 14.3 Å². The van der Waals surface area contributed by atoms with Crippen LogP contribution in [0.3, 0.4) is 0 Å². The van der Waals surface area contributed by atoms with Crippen LogP contribution in [-0.2, 0) is 11.2 Å². The van der Waals surface area contributed by atoms with Crippen LogP contribution in [0.2, 0.25) is 0 Å². The molecule has 4 fully saturated rings. The van der Waals surface area contributed by atoms with E-state index < -0.39 is 0 Å². The molecule has 1 heterocycles. The average Bonchev–Trinajstić information content (AvgIpc) is 2.93. The molecule has 2 atom stereocenters. The Kier molecular flexibility index (Phi) is 6.91. The maximum Gasteiger partial charge on any atom is 0.299 e. The highest BCUT2D eigenvalue weighted by Crippen LogP contribution is 2.55. The normalized spacial score (nSPS) is 30.4. The highest BCUT2D eigenvalue weighted by Gasteiger charge is 2.51. The van der Waals surface area contributed by atoms with E-state index in [4.69, 9.17) is 11.2 Å². The Morgan fingerprint density at radius 2 is 1.72 bits per heavy atom. The fourth-order valence-corrected chi connectivity index (χ4v) is 8.64. The lowest BCUT2D eigenvalue weighted by atomic mass is 9.53. The van der Waals surface area contributed by atoms with Gasteiger partial charge in [-0.2, -0.15) is 0 Å². The summed E-state index contributed by atoms with van der Waals surface area (Å²) < 4.78 is 5.52. The zero-order valence-electron chi connectivity index (χ0n) is 23.2. The zero-order valence-corrected chi connectivity index (χ0v) is 23.2. The van der Waals surface area contributed by atoms with Crippen molar-refractivity contribution in [2.75, 3.05) is 7.11 Å². The highest BCUT2D eigenvalue weighted by atomic mass is 16.5. The molecule has 5 nitrogen and oxygen atoms in total. The van der Waals surface area contributed by atoms with Crippen molar-refractivity contribution in [3.8, 4) is 18.1 Å². The van der Waals surface area contributed by atoms with Gasteiger partial charge in [-0.15, -0.1) is 6.42 Å². The van der Waals surface area contributed by atoms with Crippen LogP contribution < -0.4 is 10.1 Å². The minimum Gasteiger partial charge on any atom is -0.497 e. The summed E-state index contributed by atoms with van der Waals surface area (Å²) in [6.07, 6.45) is 16.9. The summed E-state index contributed by atoms with van der Waals surface area (Å²) in [5, 5.41) is 3.49. The number of nitrogens with zero attached hydrogens (tertiary/aromatic N) is 1. The first-order valence-electron chi connectivity index (χ1n) is 14.8. The lowest BCUT2D eigenvalue weighted by molar-refractivity contribution is -0.130. The first-order valence-corrected chi connectivity index (χ1v) is 14.8. The number of hydrogen-bond acceptors (Lipinski definition) is 3. The van der Waals surface area contributed by atoms with Crippen molar-refractivity contribution >= 4 is 11.8 Å². The Morgan fingerprint density at radius 1 is 1.05 bits per heavy atom. The first-order chi connectivity index (χ1) is 18.9. The van der Waals surface area contributed by atoms with Crippen molar-refractivity contribution in [1.82, 2.24) is 10.2 Å². The second-order valence-electron chi connectivity index (χ2n) is 12.6.